The van der Waals surface area contributed by atoms with E-state index in [1.807, 2.05) is 25.1 Å². The molecule has 0 aliphatic heterocycles. The van der Waals surface area contributed by atoms with Crippen molar-refractivity contribution in [1.82, 2.24) is 15.3 Å². The molecule has 0 bridgehead atoms. The smallest absolute Gasteiger partial charge is 0.322 e. The number of hydrogen-bond donors (Lipinski definition) is 1. The van der Waals surface area contributed by atoms with E-state index in [4.69, 9.17) is 28.4 Å². The van der Waals surface area contributed by atoms with Gasteiger partial charge in [0, 0.05) is 18.9 Å². The zero-order valence-corrected chi connectivity index (χ0v) is 21.5. The third-order valence-corrected chi connectivity index (χ3v) is 5.99. The number of hydrogen-bond acceptors (Lipinski definition) is 10. The zero-order chi connectivity index (χ0) is 26.2. The number of amides is 1. The number of carbonyl (C=O) groups is 2. The highest BCUT2D eigenvalue weighted by Crippen LogP contribution is 2.39. The SMILES string of the molecule is CCOc1cc([C@H]2C[C@H](OC(C)=O)CC[C@H]2NC(=O)c2c(OC)nc(OC)nc2OC)ccc1OC. The molecule has 11 nitrogen and oxygen atoms in total. The fourth-order valence-electron chi connectivity index (χ4n) is 4.43. The fourth-order valence-corrected chi connectivity index (χ4v) is 4.43. The second-order valence-electron chi connectivity index (χ2n) is 8.18. The first kappa shape index (κ1) is 26.8. The normalized spacial score (nSPS) is 19.1. The second kappa shape index (κ2) is 12.3. The maximum atomic E-state index is 13.5. The summed E-state index contributed by atoms with van der Waals surface area (Å²) in [5.41, 5.74) is 0.984. The van der Waals surface area contributed by atoms with Gasteiger partial charge in [-0.3, -0.25) is 9.59 Å². The molecule has 1 amide bonds. The lowest BCUT2D eigenvalue weighted by atomic mass is 9.78. The number of aromatic nitrogens is 2. The summed E-state index contributed by atoms with van der Waals surface area (Å²) in [4.78, 5) is 33.3. The van der Waals surface area contributed by atoms with Crippen molar-refractivity contribution in [2.24, 2.45) is 0 Å². The first-order chi connectivity index (χ1) is 17.3. The summed E-state index contributed by atoms with van der Waals surface area (Å²) in [5.74, 6) is 0.311. The topological polar surface area (TPSA) is 127 Å². The van der Waals surface area contributed by atoms with E-state index < -0.39 is 5.91 Å². The predicted octanol–water partition coefficient (Wildman–Crippen LogP) is 2.91. The molecule has 3 rings (SSSR count). The lowest BCUT2D eigenvalue weighted by Crippen LogP contribution is -2.44. The Hall–Kier alpha value is -3.76. The van der Waals surface area contributed by atoms with Gasteiger partial charge < -0.3 is 33.7 Å². The van der Waals surface area contributed by atoms with Gasteiger partial charge in [-0.05, 0) is 43.9 Å². The summed E-state index contributed by atoms with van der Waals surface area (Å²) in [6, 6.07) is 5.39. The van der Waals surface area contributed by atoms with Crippen molar-refractivity contribution in [2.45, 2.75) is 51.2 Å². The van der Waals surface area contributed by atoms with E-state index in [9.17, 15) is 9.59 Å². The Morgan fingerprint density at radius 2 is 1.67 bits per heavy atom. The van der Waals surface area contributed by atoms with E-state index in [-0.39, 0.29) is 47.4 Å². The van der Waals surface area contributed by atoms with Crippen LogP contribution in [0.25, 0.3) is 0 Å². The third kappa shape index (κ3) is 6.07. The van der Waals surface area contributed by atoms with Gasteiger partial charge in [-0.1, -0.05) is 6.07 Å². The molecular formula is C25H33N3O8. The number of benzene rings is 1. The Kier molecular flexibility index (Phi) is 9.15. The van der Waals surface area contributed by atoms with Crippen LogP contribution in [0.4, 0.5) is 0 Å². The van der Waals surface area contributed by atoms with E-state index in [1.165, 1.54) is 28.3 Å². The third-order valence-electron chi connectivity index (χ3n) is 5.99. The summed E-state index contributed by atoms with van der Waals surface area (Å²) in [6.45, 7) is 3.76. The highest BCUT2D eigenvalue weighted by Gasteiger charge is 2.36. The van der Waals surface area contributed by atoms with E-state index in [0.717, 1.165) is 5.56 Å². The van der Waals surface area contributed by atoms with Crippen LogP contribution in [0.15, 0.2) is 18.2 Å². The minimum atomic E-state index is -0.453. The number of nitrogens with one attached hydrogen (secondary N) is 1. The average Bonchev–Trinajstić information content (AvgIpc) is 2.88. The Labute approximate surface area is 210 Å². The first-order valence-corrected chi connectivity index (χ1v) is 11.7. The molecular weight excluding hydrogens is 470 g/mol. The van der Waals surface area contributed by atoms with Crippen LogP contribution in [0, 0.1) is 0 Å². The van der Waals surface area contributed by atoms with Crippen molar-refractivity contribution in [3.05, 3.63) is 29.3 Å². The Morgan fingerprint density at radius 1 is 0.972 bits per heavy atom. The number of carbonyl (C=O) groups excluding carboxylic acids is 2. The molecule has 1 aromatic heterocycles. The maximum absolute atomic E-state index is 13.5. The molecule has 0 unspecified atom stereocenters. The molecule has 2 aromatic rings. The Morgan fingerprint density at radius 3 is 2.22 bits per heavy atom. The molecule has 1 heterocycles. The van der Waals surface area contributed by atoms with Gasteiger partial charge in [0.1, 0.15) is 6.10 Å². The molecule has 196 valence electrons. The lowest BCUT2D eigenvalue weighted by Gasteiger charge is -2.36. The number of esters is 1. The minimum absolute atomic E-state index is 0.0155. The summed E-state index contributed by atoms with van der Waals surface area (Å²) in [6.07, 6.45) is 1.43. The van der Waals surface area contributed by atoms with Crippen molar-refractivity contribution in [2.75, 3.05) is 35.0 Å². The molecule has 1 aliphatic rings. The molecule has 1 N–H and O–H groups in total. The van der Waals surface area contributed by atoms with Crippen LogP contribution in [0.5, 0.6) is 29.3 Å². The van der Waals surface area contributed by atoms with Gasteiger partial charge in [0.25, 0.3) is 5.91 Å². The maximum Gasteiger partial charge on any atom is 0.322 e. The summed E-state index contributed by atoms with van der Waals surface area (Å²) >= 11 is 0. The van der Waals surface area contributed by atoms with Crippen LogP contribution in [0.1, 0.15) is 54.9 Å². The Balaban J connectivity index is 1.95. The molecule has 1 aromatic carbocycles. The molecule has 0 spiro atoms. The monoisotopic (exact) mass is 503 g/mol. The molecule has 1 saturated carbocycles. The van der Waals surface area contributed by atoms with Crippen molar-refractivity contribution in [3.8, 4) is 29.3 Å². The van der Waals surface area contributed by atoms with E-state index >= 15 is 0 Å². The molecule has 3 atom stereocenters. The molecule has 1 fully saturated rings. The van der Waals surface area contributed by atoms with Crippen LogP contribution >= 0.6 is 0 Å². The largest absolute Gasteiger partial charge is 0.493 e. The van der Waals surface area contributed by atoms with Crippen LogP contribution < -0.4 is 29.0 Å². The number of ether oxygens (including phenoxy) is 6. The van der Waals surface area contributed by atoms with Crippen molar-refractivity contribution >= 4 is 11.9 Å². The van der Waals surface area contributed by atoms with Gasteiger partial charge in [-0.25, -0.2) is 0 Å². The molecule has 1 aliphatic carbocycles. The number of nitrogens with zero attached hydrogens (tertiary/aromatic N) is 2. The second-order valence-corrected chi connectivity index (χ2v) is 8.18. The molecule has 0 radical (unpaired) electrons. The Bertz CT molecular complexity index is 1050. The first-order valence-electron chi connectivity index (χ1n) is 11.7. The number of methoxy groups -OCH3 is 4. The summed E-state index contributed by atoms with van der Waals surface area (Å²) < 4.78 is 32.4. The molecule has 36 heavy (non-hydrogen) atoms. The minimum Gasteiger partial charge on any atom is -0.493 e. The van der Waals surface area contributed by atoms with E-state index in [0.29, 0.717) is 37.4 Å². The average molecular weight is 504 g/mol. The summed E-state index contributed by atoms with van der Waals surface area (Å²) in [5, 5.41) is 3.09. The van der Waals surface area contributed by atoms with Crippen molar-refractivity contribution < 1.29 is 38.0 Å². The van der Waals surface area contributed by atoms with Gasteiger partial charge in [0.15, 0.2) is 17.1 Å². The van der Waals surface area contributed by atoms with E-state index in [1.54, 1.807) is 7.11 Å². The fraction of sp³-hybridized carbons (Fsp3) is 0.520. The number of rotatable bonds is 10. The predicted molar refractivity (Wildman–Crippen MR) is 129 cm³/mol. The highest BCUT2D eigenvalue weighted by atomic mass is 16.5. The van der Waals surface area contributed by atoms with Crippen LogP contribution in [-0.4, -0.2) is 69.0 Å². The van der Waals surface area contributed by atoms with Crippen LogP contribution in [0.3, 0.4) is 0 Å². The van der Waals surface area contributed by atoms with Crippen molar-refractivity contribution in [1.29, 1.82) is 0 Å². The highest BCUT2D eigenvalue weighted by molar-refractivity contribution is 5.99. The molecule has 0 saturated heterocycles. The van der Waals surface area contributed by atoms with Crippen LogP contribution in [-0.2, 0) is 9.53 Å². The van der Waals surface area contributed by atoms with Gasteiger partial charge >= 0.3 is 12.0 Å². The lowest BCUT2D eigenvalue weighted by molar-refractivity contribution is -0.148. The zero-order valence-electron chi connectivity index (χ0n) is 21.5. The van der Waals surface area contributed by atoms with Gasteiger partial charge in [0.2, 0.25) is 11.8 Å². The van der Waals surface area contributed by atoms with Gasteiger partial charge in [-0.15, -0.1) is 0 Å². The summed E-state index contributed by atoms with van der Waals surface area (Å²) in [7, 11) is 5.79. The van der Waals surface area contributed by atoms with Crippen LogP contribution in [0.2, 0.25) is 0 Å². The van der Waals surface area contributed by atoms with E-state index in [2.05, 4.69) is 15.3 Å². The molecule has 11 heteroatoms. The van der Waals surface area contributed by atoms with Gasteiger partial charge in [0.05, 0.1) is 35.0 Å². The van der Waals surface area contributed by atoms with Crippen molar-refractivity contribution in [3.63, 3.8) is 0 Å². The quantitative estimate of drug-likeness (QED) is 0.483. The standard InChI is InChI=1S/C25H33N3O8/c1-7-35-20-12-15(8-11-19(20)31-3)17-13-16(36-14(2)29)9-10-18(17)26-22(30)21-23(32-4)27-25(34-6)28-24(21)33-5/h8,11-12,16-18H,7,9-10,13H2,1-6H3,(H,26,30)/t16-,17-,18-/m1/s1. The van der Waals surface area contributed by atoms with Gasteiger partial charge in [-0.2, -0.15) is 9.97 Å².